The molecule has 1 saturated heterocycles. The summed E-state index contributed by atoms with van der Waals surface area (Å²) in [6, 6.07) is 8.03. The fourth-order valence-electron chi connectivity index (χ4n) is 3.23. The quantitative estimate of drug-likeness (QED) is 0.814. The summed E-state index contributed by atoms with van der Waals surface area (Å²) in [6.07, 6.45) is 2.42. The van der Waals surface area contributed by atoms with Gasteiger partial charge in [-0.25, -0.2) is 0 Å². The second kappa shape index (κ2) is 8.77. The molecule has 0 unspecified atom stereocenters. The van der Waals surface area contributed by atoms with Crippen LogP contribution in [0.4, 0.5) is 0 Å². The van der Waals surface area contributed by atoms with Gasteiger partial charge in [0.1, 0.15) is 11.5 Å². The molecular formula is C18H29N2O3+. The van der Waals surface area contributed by atoms with E-state index in [0.29, 0.717) is 5.75 Å². The Hall–Kier alpha value is -1.75. The molecule has 0 saturated carbocycles. The molecule has 5 nitrogen and oxygen atoms in total. The van der Waals surface area contributed by atoms with E-state index in [0.717, 1.165) is 38.0 Å². The maximum atomic E-state index is 12.3. The summed E-state index contributed by atoms with van der Waals surface area (Å²) >= 11 is 0. The maximum Gasteiger partial charge on any atom is 0.260 e. The predicted octanol–water partition coefficient (Wildman–Crippen LogP) is 0.990. The smallest absolute Gasteiger partial charge is 0.260 e. The van der Waals surface area contributed by atoms with Crippen LogP contribution in [0.5, 0.6) is 11.5 Å². The normalized spacial score (nSPS) is 15.7. The van der Waals surface area contributed by atoms with Crippen LogP contribution in [0.1, 0.15) is 26.7 Å². The molecule has 1 aromatic carbocycles. The first-order valence-electron chi connectivity index (χ1n) is 8.57. The number of hydrogen-bond donors (Lipinski definition) is 1. The van der Waals surface area contributed by atoms with Crippen molar-refractivity contribution in [1.82, 2.24) is 4.90 Å². The van der Waals surface area contributed by atoms with Crippen LogP contribution in [-0.4, -0.2) is 56.7 Å². The number of rotatable bonds is 7. The molecule has 0 aromatic heterocycles. The first-order chi connectivity index (χ1) is 11.2. The topological polar surface area (TPSA) is 43.2 Å². The number of carbonyl (C=O) groups is 1. The average Bonchev–Trinajstić information content (AvgIpc) is 2.61. The Morgan fingerprint density at radius 3 is 2.22 bits per heavy atom. The van der Waals surface area contributed by atoms with Crippen LogP contribution in [0.15, 0.2) is 24.3 Å². The van der Waals surface area contributed by atoms with Crippen molar-refractivity contribution in [3.8, 4) is 11.5 Å². The lowest BCUT2D eigenvalue weighted by molar-refractivity contribution is -0.929. The molecule has 0 radical (unpaired) electrons. The minimum Gasteiger partial charge on any atom is -0.497 e. The molecule has 5 heteroatoms. The van der Waals surface area contributed by atoms with Crippen molar-refractivity contribution in [3.63, 3.8) is 0 Å². The molecule has 1 fully saturated rings. The van der Waals surface area contributed by atoms with Gasteiger partial charge >= 0.3 is 0 Å². The van der Waals surface area contributed by atoms with Gasteiger partial charge in [-0.1, -0.05) is 13.8 Å². The van der Waals surface area contributed by atoms with Gasteiger partial charge in [-0.2, -0.15) is 0 Å². The molecule has 1 aromatic rings. The van der Waals surface area contributed by atoms with Crippen LogP contribution in [0.25, 0.3) is 0 Å². The van der Waals surface area contributed by atoms with Gasteiger partial charge in [-0.05, 0) is 37.1 Å². The van der Waals surface area contributed by atoms with Gasteiger partial charge in [-0.15, -0.1) is 0 Å². The number of piperazine rings is 1. The number of amides is 1. The Morgan fingerprint density at radius 1 is 1.13 bits per heavy atom. The molecular weight excluding hydrogens is 292 g/mol. The van der Waals surface area contributed by atoms with E-state index in [1.807, 2.05) is 29.2 Å². The largest absolute Gasteiger partial charge is 0.497 e. The van der Waals surface area contributed by atoms with Gasteiger partial charge in [0.25, 0.3) is 5.91 Å². The summed E-state index contributed by atoms with van der Waals surface area (Å²) in [7, 11) is 1.63. The fraction of sp³-hybridized carbons (Fsp3) is 0.611. The molecule has 1 aliphatic rings. The fourth-order valence-corrected chi connectivity index (χ4v) is 3.23. The van der Waals surface area contributed by atoms with Gasteiger partial charge < -0.3 is 19.3 Å². The molecule has 2 rings (SSSR count). The Balaban J connectivity index is 1.76. The predicted molar refractivity (Wildman–Crippen MR) is 90.1 cm³/mol. The number of methoxy groups -OCH3 is 1. The number of hydrogen-bond acceptors (Lipinski definition) is 3. The number of quaternary nitrogens is 1. The number of benzene rings is 1. The van der Waals surface area contributed by atoms with Gasteiger partial charge in [0.2, 0.25) is 0 Å². The Labute approximate surface area is 139 Å². The lowest BCUT2D eigenvalue weighted by atomic mass is 10.1. The molecule has 1 N–H and O–H groups in total. The van der Waals surface area contributed by atoms with E-state index < -0.39 is 0 Å². The Kier molecular flexibility index (Phi) is 6.71. The second-order valence-electron chi connectivity index (χ2n) is 6.02. The number of carbonyl (C=O) groups excluding carboxylic acids is 1. The van der Waals surface area contributed by atoms with E-state index in [9.17, 15) is 4.79 Å². The van der Waals surface area contributed by atoms with E-state index in [4.69, 9.17) is 9.47 Å². The Bertz CT molecular complexity index is 478. The highest BCUT2D eigenvalue weighted by Gasteiger charge is 2.27. The molecule has 23 heavy (non-hydrogen) atoms. The highest BCUT2D eigenvalue weighted by atomic mass is 16.5. The zero-order valence-corrected chi connectivity index (χ0v) is 14.5. The zero-order chi connectivity index (χ0) is 16.7. The first-order valence-corrected chi connectivity index (χ1v) is 8.57. The summed E-state index contributed by atoms with van der Waals surface area (Å²) in [5.41, 5.74) is 0. The number of ether oxygens (including phenoxy) is 2. The van der Waals surface area contributed by atoms with Crippen LogP contribution in [-0.2, 0) is 4.79 Å². The van der Waals surface area contributed by atoms with E-state index in [2.05, 4.69) is 13.8 Å². The van der Waals surface area contributed by atoms with Crippen molar-refractivity contribution >= 4 is 5.91 Å². The van der Waals surface area contributed by atoms with Crippen molar-refractivity contribution in [2.75, 3.05) is 39.9 Å². The van der Waals surface area contributed by atoms with Crippen LogP contribution < -0.4 is 14.4 Å². The van der Waals surface area contributed by atoms with E-state index in [-0.39, 0.29) is 12.5 Å². The van der Waals surface area contributed by atoms with Gasteiger partial charge in [0.05, 0.1) is 39.3 Å². The minimum absolute atomic E-state index is 0.0735. The van der Waals surface area contributed by atoms with Crippen molar-refractivity contribution in [1.29, 1.82) is 0 Å². The first kappa shape index (κ1) is 17.6. The molecule has 0 bridgehead atoms. The molecule has 128 valence electrons. The molecule has 0 spiro atoms. The lowest BCUT2D eigenvalue weighted by Gasteiger charge is -2.36. The Morgan fingerprint density at radius 2 is 1.70 bits per heavy atom. The van der Waals surface area contributed by atoms with E-state index in [1.54, 1.807) is 12.0 Å². The van der Waals surface area contributed by atoms with Crippen LogP contribution in [0, 0.1) is 0 Å². The molecule has 0 atom stereocenters. The summed E-state index contributed by atoms with van der Waals surface area (Å²) < 4.78 is 10.7. The lowest BCUT2D eigenvalue weighted by Crippen LogP contribution is -3.18. The van der Waals surface area contributed by atoms with Gasteiger partial charge in [0, 0.05) is 0 Å². The standard InChI is InChI=1S/C18H28N2O3/c1-4-15(5-2)19-10-12-20(13-11-19)18(21)14-23-17-8-6-16(22-3)7-9-17/h6-9,15H,4-5,10-14H2,1-3H3/p+1. The third-order valence-electron chi connectivity index (χ3n) is 4.74. The SMILES string of the molecule is CCC(CC)[NH+]1CCN(C(=O)COc2ccc(OC)cc2)CC1. The molecule has 0 aliphatic carbocycles. The zero-order valence-electron chi connectivity index (χ0n) is 14.5. The van der Waals surface area contributed by atoms with E-state index in [1.165, 1.54) is 12.8 Å². The molecule has 1 amide bonds. The third kappa shape index (κ3) is 4.86. The number of nitrogens with one attached hydrogen (secondary N) is 1. The van der Waals surface area contributed by atoms with Gasteiger partial charge in [0.15, 0.2) is 6.61 Å². The van der Waals surface area contributed by atoms with Crippen molar-refractivity contribution in [2.45, 2.75) is 32.7 Å². The average molecular weight is 321 g/mol. The van der Waals surface area contributed by atoms with Crippen molar-refractivity contribution in [2.24, 2.45) is 0 Å². The highest BCUT2D eigenvalue weighted by molar-refractivity contribution is 5.77. The summed E-state index contributed by atoms with van der Waals surface area (Å²) in [5.74, 6) is 1.55. The summed E-state index contributed by atoms with van der Waals surface area (Å²) in [6.45, 7) is 8.35. The maximum absolute atomic E-state index is 12.3. The second-order valence-corrected chi connectivity index (χ2v) is 6.02. The summed E-state index contributed by atoms with van der Waals surface area (Å²) in [5, 5.41) is 0. The van der Waals surface area contributed by atoms with Crippen LogP contribution in [0.2, 0.25) is 0 Å². The molecule has 1 heterocycles. The summed E-state index contributed by atoms with van der Waals surface area (Å²) in [4.78, 5) is 15.8. The van der Waals surface area contributed by atoms with Crippen LogP contribution in [0.3, 0.4) is 0 Å². The van der Waals surface area contributed by atoms with Crippen molar-refractivity contribution < 1.29 is 19.2 Å². The van der Waals surface area contributed by atoms with Gasteiger partial charge in [-0.3, -0.25) is 4.79 Å². The van der Waals surface area contributed by atoms with Crippen LogP contribution >= 0.6 is 0 Å². The highest BCUT2D eigenvalue weighted by Crippen LogP contribution is 2.16. The third-order valence-corrected chi connectivity index (χ3v) is 4.74. The monoisotopic (exact) mass is 321 g/mol. The van der Waals surface area contributed by atoms with Crippen molar-refractivity contribution in [3.05, 3.63) is 24.3 Å². The molecule has 1 aliphatic heterocycles. The van der Waals surface area contributed by atoms with E-state index >= 15 is 0 Å². The minimum atomic E-state index is 0.0735. The number of nitrogens with zero attached hydrogens (tertiary/aromatic N) is 1.